The lowest BCUT2D eigenvalue weighted by atomic mass is 10.2. The van der Waals surface area contributed by atoms with E-state index in [9.17, 15) is 19.2 Å². The molecule has 0 fully saturated rings. The summed E-state index contributed by atoms with van der Waals surface area (Å²) < 4.78 is 6.26. The molecule has 0 saturated carbocycles. The van der Waals surface area contributed by atoms with E-state index in [0.29, 0.717) is 18.7 Å². The zero-order chi connectivity index (χ0) is 23.0. The maximum absolute atomic E-state index is 12.9. The maximum atomic E-state index is 12.9. The summed E-state index contributed by atoms with van der Waals surface area (Å²) in [4.78, 5) is 53.1. The fourth-order valence-corrected chi connectivity index (χ4v) is 3.04. The van der Waals surface area contributed by atoms with Crippen LogP contribution in [0.1, 0.15) is 31.7 Å². The number of carbonyl (C=O) groups is 2. The number of benzene rings is 1. The molecular formula is C21H29N5O5. The van der Waals surface area contributed by atoms with Gasteiger partial charge in [0.1, 0.15) is 5.82 Å². The SMILES string of the molecule is CCCn1c(N)c(N(CCOC)C(=O)CCC(=O)Nc2ccc(C)cc2)c(=O)[nH]c1=O. The van der Waals surface area contributed by atoms with E-state index >= 15 is 0 Å². The van der Waals surface area contributed by atoms with E-state index in [4.69, 9.17) is 10.5 Å². The molecule has 0 aliphatic carbocycles. The molecule has 0 atom stereocenters. The Hall–Kier alpha value is -3.40. The summed E-state index contributed by atoms with van der Waals surface area (Å²) in [7, 11) is 1.46. The molecule has 4 N–H and O–H groups in total. The average Bonchev–Trinajstić information content (AvgIpc) is 2.73. The highest BCUT2D eigenvalue weighted by atomic mass is 16.5. The number of methoxy groups -OCH3 is 1. The quantitative estimate of drug-likeness (QED) is 0.517. The highest BCUT2D eigenvalue weighted by Gasteiger charge is 2.24. The molecule has 2 amide bonds. The van der Waals surface area contributed by atoms with Crippen molar-refractivity contribution in [3.05, 3.63) is 50.7 Å². The number of aryl methyl sites for hydroxylation is 1. The lowest BCUT2D eigenvalue weighted by Crippen LogP contribution is -2.42. The Morgan fingerprint density at radius 2 is 1.87 bits per heavy atom. The molecular weight excluding hydrogens is 402 g/mol. The van der Waals surface area contributed by atoms with Gasteiger partial charge in [-0.15, -0.1) is 0 Å². The van der Waals surface area contributed by atoms with Gasteiger partial charge < -0.3 is 20.7 Å². The van der Waals surface area contributed by atoms with Crippen LogP contribution >= 0.6 is 0 Å². The number of hydrogen-bond donors (Lipinski definition) is 3. The topological polar surface area (TPSA) is 140 Å². The third-order valence-electron chi connectivity index (χ3n) is 4.65. The normalized spacial score (nSPS) is 10.7. The van der Waals surface area contributed by atoms with Crippen molar-refractivity contribution in [2.75, 3.05) is 36.2 Å². The van der Waals surface area contributed by atoms with Crippen LogP contribution in [0.4, 0.5) is 17.2 Å². The number of aromatic nitrogens is 2. The van der Waals surface area contributed by atoms with Crippen molar-refractivity contribution in [1.29, 1.82) is 0 Å². The third-order valence-corrected chi connectivity index (χ3v) is 4.65. The standard InChI is InChI=1S/C21H29N5O5/c1-4-11-26-19(22)18(20(29)24-21(26)30)25(12-13-31-3)17(28)10-9-16(27)23-15-7-5-14(2)6-8-15/h5-8H,4,9-13,22H2,1-3H3,(H,23,27)(H,24,29,30). The molecule has 2 rings (SSSR count). The van der Waals surface area contributed by atoms with Crippen molar-refractivity contribution in [1.82, 2.24) is 9.55 Å². The first kappa shape index (κ1) is 23.9. The van der Waals surface area contributed by atoms with E-state index in [2.05, 4.69) is 10.3 Å². The number of nitrogens with zero attached hydrogens (tertiary/aromatic N) is 2. The van der Waals surface area contributed by atoms with Gasteiger partial charge in [-0.25, -0.2) is 4.79 Å². The molecule has 0 radical (unpaired) electrons. The number of H-pyrrole nitrogens is 1. The van der Waals surface area contributed by atoms with E-state index in [0.717, 1.165) is 5.56 Å². The van der Waals surface area contributed by atoms with E-state index in [1.54, 1.807) is 12.1 Å². The number of rotatable bonds is 10. The van der Waals surface area contributed by atoms with Crippen molar-refractivity contribution in [2.24, 2.45) is 0 Å². The Bertz CT molecular complexity index is 1030. The third kappa shape index (κ3) is 6.29. The Labute approximate surface area is 180 Å². The Balaban J connectivity index is 2.20. The first-order chi connectivity index (χ1) is 14.8. The van der Waals surface area contributed by atoms with E-state index in [1.807, 2.05) is 26.0 Å². The van der Waals surface area contributed by atoms with Crippen LogP contribution in [0.2, 0.25) is 0 Å². The summed E-state index contributed by atoms with van der Waals surface area (Å²) in [5.74, 6) is -0.902. The molecule has 0 spiro atoms. The molecule has 31 heavy (non-hydrogen) atoms. The lowest BCUT2D eigenvalue weighted by molar-refractivity contribution is -0.122. The highest BCUT2D eigenvalue weighted by molar-refractivity contribution is 5.99. The Morgan fingerprint density at radius 1 is 1.19 bits per heavy atom. The van der Waals surface area contributed by atoms with Gasteiger partial charge in [-0.1, -0.05) is 24.6 Å². The molecule has 168 valence electrons. The summed E-state index contributed by atoms with van der Waals surface area (Å²) in [6.45, 7) is 4.28. The summed E-state index contributed by atoms with van der Waals surface area (Å²) in [6.07, 6.45) is 0.385. The van der Waals surface area contributed by atoms with Gasteiger partial charge in [0.2, 0.25) is 11.8 Å². The van der Waals surface area contributed by atoms with Crippen molar-refractivity contribution in [3.63, 3.8) is 0 Å². The number of hydrogen-bond acceptors (Lipinski definition) is 6. The summed E-state index contributed by atoms with van der Waals surface area (Å²) in [5.41, 5.74) is 6.26. The average molecular weight is 431 g/mol. The second-order valence-corrected chi connectivity index (χ2v) is 7.10. The van der Waals surface area contributed by atoms with Crippen LogP contribution in [0.25, 0.3) is 0 Å². The number of ether oxygens (including phenoxy) is 1. The van der Waals surface area contributed by atoms with Crippen LogP contribution in [0, 0.1) is 6.92 Å². The number of aromatic amines is 1. The smallest absolute Gasteiger partial charge is 0.330 e. The maximum Gasteiger partial charge on any atom is 0.330 e. The highest BCUT2D eigenvalue weighted by Crippen LogP contribution is 2.18. The van der Waals surface area contributed by atoms with Crippen LogP contribution in [0.5, 0.6) is 0 Å². The van der Waals surface area contributed by atoms with Crippen LogP contribution in [0.15, 0.2) is 33.9 Å². The van der Waals surface area contributed by atoms with E-state index in [1.165, 1.54) is 16.6 Å². The zero-order valence-corrected chi connectivity index (χ0v) is 18.1. The number of carbonyl (C=O) groups excluding carboxylic acids is 2. The van der Waals surface area contributed by atoms with Gasteiger partial charge in [0, 0.05) is 38.7 Å². The van der Waals surface area contributed by atoms with Crippen molar-refractivity contribution >= 4 is 29.0 Å². The number of anilines is 3. The number of nitrogens with one attached hydrogen (secondary N) is 2. The summed E-state index contributed by atoms with van der Waals surface area (Å²) >= 11 is 0. The van der Waals surface area contributed by atoms with Crippen molar-refractivity contribution in [2.45, 2.75) is 39.7 Å². The zero-order valence-electron chi connectivity index (χ0n) is 18.1. The van der Waals surface area contributed by atoms with Gasteiger partial charge in [-0.2, -0.15) is 0 Å². The minimum absolute atomic E-state index is 0.0481. The Morgan fingerprint density at radius 3 is 2.48 bits per heavy atom. The predicted molar refractivity (Wildman–Crippen MR) is 119 cm³/mol. The molecule has 0 aliphatic heterocycles. The molecule has 0 unspecified atom stereocenters. The van der Waals surface area contributed by atoms with Gasteiger partial charge in [-0.05, 0) is 25.5 Å². The number of nitrogens with two attached hydrogens (primary N) is 1. The molecule has 10 heteroatoms. The summed E-state index contributed by atoms with van der Waals surface area (Å²) in [6, 6.07) is 7.29. The molecule has 1 aromatic carbocycles. The fourth-order valence-electron chi connectivity index (χ4n) is 3.04. The molecule has 0 aliphatic rings. The van der Waals surface area contributed by atoms with Gasteiger partial charge in [0.05, 0.1) is 6.61 Å². The molecule has 1 aromatic heterocycles. The Kier molecular flexibility index (Phi) is 8.56. The van der Waals surface area contributed by atoms with Gasteiger partial charge in [0.25, 0.3) is 5.56 Å². The molecule has 10 nitrogen and oxygen atoms in total. The lowest BCUT2D eigenvalue weighted by Gasteiger charge is -2.24. The van der Waals surface area contributed by atoms with Gasteiger partial charge in [0.15, 0.2) is 5.69 Å². The second-order valence-electron chi connectivity index (χ2n) is 7.10. The van der Waals surface area contributed by atoms with Crippen LogP contribution < -0.4 is 27.2 Å². The largest absolute Gasteiger partial charge is 0.383 e. The van der Waals surface area contributed by atoms with Gasteiger partial charge >= 0.3 is 5.69 Å². The van der Waals surface area contributed by atoms with Crippen LogP contribution in [0.3, 0.4) is 0 Å². The first-order valence-electron chi connectivity index (χ1n) is 10.1. The van der Waals surface area contributed by atoms with Gasteiger partial charge in [-0.3, -0.25) is 23.9 Å². The molecule has 2 aromatic rings. The minimum atomic E-state index is -0.761. The monoisotopic (exact) mass is 431 g/mol. The second kappa shape index (κ2) is 11.1. The van der Waals surface area contributed by atoms with Crippen LogP contribution in [-0.2, 0) is 20.9 Å². The molecule has 0 saturated heterocycles. The van der Waals surface area contributed by atoms with E-state index in [-0.39, 0.29) is 43.4 Å². The van der Waals surface area contributed by atoms with E-state index < -0.39 is 17.2 Å². The molecule has 0 bridgehead atoms. The fraction of sp³-hybridized carbons (Fsp3) is 0.429. The number of amides is 2. The summed E-state index contributed by atoms with van der Waals surface area (Å²) in [5, 5.41) is 2.73. The van der Waals surface area contributed by atoms with Crippen LogP contribution in [-0.4, -0.2) is 41.6 Å². The minimum Gasteiger partial charge on any atom is -0.383 e. The molecule has 1 heterocycles. The number of nitrogen functional groups attached to an aromatic ring is 1. The van der Waals surface area contributed by atoms with Crippen molar-refractivity contribution in [3.8, 4) is 0 Å². The predicted octanol–water partition coefficient (Wildman–Crippen LogP) is 1.24. The van der Waals surface area contributed by atoms with Crippen molar-refractivity contribution < 1.29 is 14.3 Å². The first-order valence-corrected chi connectivity index (χ1v) is 10.1.